The van der Waals surface area contributed by atoms with Crippen LogP contribution in [0.2, 0.25) is 0 Å². The van der Waals surface area contributed by atoms with E-state index in [0.717, 1.165) is 5.75 Å². The number of benzene rings is 1. The highest BCUT2D eigenvalue weighted by molar-refractivity contribution is 5.85. The first-order valence-corrected chi connectivity index (χ1v) is 7.19. The van der Waals surface area contributed by atoms with Gasteiger partial charge >= 0.3 is 0 Å². The molecule has 1 aromatic carbocycles. The summed E-state index contributed by atoms with van der Waals surface area (Å²) in [6.07, 6.45) is 6.85. The predicted octanol–water partition coefficient (Wildman–Crippen LogP) is 4.48. The Kier molecular flexibility index (Phi) is 6.67. The summed E-state index contributed by atoms with van der Waals surface area (Å²) in [5.41, 5.74) is 7.63. The van der Waals surface area contributed by atoms with Crippen molar-refractivity contribution in [3.8, 4) is 5.75 Å². The lowest BCUT2D eigenvalue weighted by atomic mass is 9.81. The first-order chi connectivity index (χ1) is 8.66. The van der Waals surface area contributed by atoms with E-state index in [4.69, 9.17) is 10.5 Å². The molecule has 0 heterocycles. The molecule has 1 aliphatic rings. The van der Waals surface area contributed by atoms with Crippen LogP contribution in [-0.4, -0.2) is 6.10 Å². The summed E-state index contributed by atoms with van der Waals surface area (Å²) in [5.74, 6) is 1.60. The van der Waals surface area contributed by atoms with E-state index in [9.17, 15) is 0 Å². The van der Waals surface area contributed by atoms with Crippen LogP contribution >= 0.6 is 12.4 Å². The number of ether oxygens (including phenoxy) is 1. The van der Waals surface area contributed by atoms with Gasteiger partial charge in [-0.25, -0.2) is 0 Å². The number of halogens is 1. The van der Waals surface area contributed by atoms with Gasteiger partial charge in [0.25, 0.3) is 0 Å². The number of hydrogen-bond acceptors (Lipinski definition) is 2. The summed E-state index contributed by atoms with van der Waals surface area (Å²) in [7, 11) is 0. The lowest BCUT2D eigenvalue weighted by Gasteiger charge is -2.27. The SMILES string of the molecule is CC(C)Oc1ccc([C@H](N)C2CCCCC2)cc1.Cl. The fraction of sp³-hybridized carbons (Fsp3) is 0.625. The number of nitrogens with two attached hydrogens (primary N) is 1. The Morgan fingerprint density at radius 1 is 1.05 bits per heavy atom. The molecule has 2 nitrogen and oxygen atoms in total. The molecule has 0 amide bonds. The van der Waals surface area contributed by atoms with Crippen molar-refractivity contribution in [3.05, 3.63) is 29.8 Å². The minimum atomic E-state index is 0. The minimum Gasteiger partial charge on any atom is -0.491 e. The van der Waals surface area contributed by atoms with E-state index in [1.54, 1.807) is 0 Å². The van der Waals surface area contributed by atoms with Crippen molar-refractivity contribution in [1.82, 2.24) is 0 Å². The second-order valence-electron chi connectivity index (χ2n) is 5.66. The van der Waals surface area contributed by atoms with E-state index in [-0.39, 0.29) is 24.6 Å². The Morgan fingerprint density at radius 2 is 1.63 bits per heavy atom. The Labute approximate surface area is 123 Å². The molecular weight excluding hydrogens is 258 g/mol. The van der Waals surface area contributed by atoms with Crippen molar-refractivity contribution >= 4 is 12.4 Å². The van der Waals surface area contributed by atoms with Crippen molar-refractivity contribution in [3.63, 3.8) is 0 Å². The maximum Gasteiger partial charge on any atom is 0.119 e. The summed E-state index contributed by atoms with van der Waals surface area (Å²) in [5, 5.41) is 0. The second-order valence-corrected chi connectivity index (χ2v) is 5.66. The highest BCUT2D eigenvalue weighted by Gasteiger charge is 2.21. The molecule has 0 aliphatic heterocycles. The van der Waals surface area contributed by atoms with Crippen LogP contribution in [-0.2, 0) is 0 Å². The summed E-state index contributed by atoms with van der Waals surface area (Å²) >= 11 is 0. The predicted molar refractivity (Wildman–Crippen MR) is 83.0 cm³/mol. The molecule has 1 atom stereocenters. The molecule has 0 bridgehead atoms. The van der Waals surface area contributed by atoms with E-state index < -0.39 is 0 Å². The summed E-state index contributed by atoms with van der Waals surface area (Å²) in [6, 6.07) is 8.52. The summed E-state index contributed by atoms with van der Waals surface area (Å²) < 4.78 is 5.65. The molecule has 2 N–H and O–H groups in total. The molecule has 1 fully saturated rings. The Balaban J connectivity index is 0.00000180. The maximum absolute atomic E-state index is 6.38. The zero-order valence-electron chi connectivity index (χ0n) is 12.0. The lowest BCUT2D eigenvalue weighted by Crippen LogP contribution is -2.23. The standard InChI is InChI=1S/C16H25NO.ClH/c1-12(2)18-15-10-8-14(9-11-15)16(17)13-6-4-3-5-7-13;/h8-13,16H,3-7,17H2,1-2H3;1H/t16-;/m1./s1. The lowest BCUT2D eigenvalue weighted by molar-refractivity contribution is 0.242. The van der Waals surface area contributed by atoms with Gasteiger partial charge in [0, 0.05) is 6.04 Å². The quantitative estimate of drug-likeness (QED) is 0.884. The van der Waals surface area contributed by atoms with Gasteiger partial charge in [-0.05, 0) is 50.3 Å². The molecular formula is C16H26ClNO. The topological polar surface area (TPSA) is 35.2 Å². The molecule has 3 heteroatoms. The van der Waals surface area contributed by atoms with Crippen LogP contribution in [0.1, 0.15) is 57.6 Å². The monoisotopic (exact) mass is 283 g/mol. The van der Waals surface area contributed by atoms with Gasteiger partial charge in [0.1, 0.15) is 5.75 Å². The third-order valence-corrected chi connectivity index (χ3v) is 3.79. The van der Waals surface area contributed by atoms with Gasteiger partial charge in [0.15, 0.2) is 0 Å². The van der Waals surface area contributed by atoms with Crippen LogP contribution in [0.3, 0.4) is 0 Å². The van der Waals surface area contributed by atoms with Gasteiger partial charge in [-0.2, -0.15) is 0 Å². The van der Waals surface area contributed by atoms with E-state index in [1.165, 1.54) is 37.7 Å². The third-order valence-electron chi connectivity index (χ3n) is 3.79. The minimum absolute atomic E-state index is 0. The largest absolute Gasteiger partial charge is 0.491 e. The average molecular weight is 284 g/mol. The van der Waals surface area contributed by atoms with Gasteiger partial charge < -0.3 is 10.5 Å². The van der Waals surface area contributed by atoms with Crippen LogP contribution < -0.4 is 10.5 Å². The third kappa shape index (κ3) is 4.70. The van der Waals surface area contributed by atoms with Crippen LogP contribution in [0.15, 0.2) is 24.3 Å². The Bertz CT molecular complexity index is 358. The van der Waals surface area contributed by atoms with Gasteiger partial charge in [-0.15, -0.1) is 12.4 Å². The number of hydrogen-bond donors (Lipinski definition) is 1. The summed E-state index contributed by atoms with van der Waals surface area (Å²) in [6.45, 7) is 4.09. The van der Waals surface area contributed by atoms with Crippen molar-refractivity contribution in [1.29, 1.82) is 0 Å². The molecule has 1 aliphatic carbocycles. The molecule has 1 aromatic rings. The van der Waals surface area contributed by atoms with Crippen LogP contribution in [0.4, 0.5) is 0 Å². The number of rotatable bonds is 4. The van der Waals surface area contributed by atoms with Crippen LogP contribution in [0.25, 0.3) is 0 Å². The molecule has 19 heavy (non-hydrogen) atoms. The zero-order valence-corrected chi connectivity index (χ0v) is 12.8. The highest BCUT2D eigenvalue weighted by Crippen LogP contribution is 2.33. The summed E-state index contributed by atoms with van der Waals surface area (Å²) in [4.78, 5) is 0. The highest BCUT2D eigenvalue weighted by atomic mass is 35.5. The molecule has 1 saturated carbocycles. The molecule has 0 aromatic heterocycles. The molecule has 0 saturated heterocycles. The van der Waals surface area contributed by atoms with Gasteiger partial charge in [-0.3, -0.25) is 0 Å². The van der Waals surface area contributed by atoms with Crippen molar-refractivity contribution in [2.24, 2.45) is 11.7 Å². The fourth-order valence-corrected chi connectivity index (χ4v) is 2.81. The fourth-order valence-electron chi connectivity index (χ4n) is 2.81. The molecule has 0 radical (unpaired) electrons. The van der Waals surface area contributed by atoms with Gasteiger partial charge in [0.2, 0.25) is 0 Å². The maximum atomic E-state index is 6.38. The Morgan fingerprint density at radius 3 is 2.16 bits per heavy atom. The molecule has 2 rings (SSSR count). The molecule has 108 valence electrons. The normalized spacial score (nSPS) is 17.9. The van der Waals surface area contributed by atoms with Crippen molar-refractivity contribution in [2.45, 2.75) is 58.1 Å². The first kappa shape index (κ1) is 16.3. The van der Waals surface area contributed by atoms with E-state index in [0.29, 0.717) is 5.92 Å². The van der Waals surface area contributed by atoms with Crippen molar-refractivity contribution < 1.29 is 4.74 Å². The van der Waals surface area contributed by atoms with Crippen molar-refractivity contribution in [2.75, 3.05) is 0 Å². The van der Waals surface area contributed by atoms with Crippen LogP contribution in [0.5, 0.6) is 5.75 Å². The van der Waals surface area contributed by atoms with Crippen LogP contribution in [0, 0.1) is 5.92 Å². The van der Waals surface area contributed by atoms with E-state index in [2.05, 4.69) is 12.1 Å². The molecule has 0 unspecified atom stereocenters. The van der Waals surface area contributed by atoms with E-state index >= 15 is 0 Å². The smallest absolute Gasteiger partial charge is 0.119 e. The second kappa shape index (κ2) is 7.76. The molecule has 0 spiro atoms. The Hall–Kier alpha value is -0.730. The van der Waals surface area contributed by atoms with Gasteiger partial charge in [-0.1, -0.05) is 31.4 Å². The zero-order chi connectivity index (χ0) is 13.0. The average Bonchev–Trinajstić information content (AvgIpc) is 2.39. The van der Waals surface area contributed by atoms with E-state index in [1.807, 2.05) is 26.0 Å². The first-order valence-electron chi connectivity index (χ1n) is 7.19. The van der Waals surface area contributed by atoms with Gasteiger partial charge in [0.05, 0.1) is 6.10 Å².